The number of nitrogens with two attached hydrogens (primary N) is 1. The van der Waals surface area contributed by atoms with E-state index in [-0.39, 0.29) is 0 Å². The van der Waals surface area contributed by atoms with Gasteiger partial charge in [0.25, 0.3) is 0 Å². The molecule has 17 heavy (non-hydrogen) atoms. The van der Waals surface area contributed by atoms with E-state index < -0.39 is 0 Å². The van der Waals surface area contributed by atoms with Crippen LogP contribution in [-0.4, -0.2) is 4.98 Å². The van der Waals surface area contributed by atoms with Crippen LogP contribution >= 0.6 is 11.3 Å². The van der Waals surface area contributed by atoms with Gasteiger partial charge in [-0.25, -0.2) is 4.98 Å². The fourth-order valence-corrected chi connectivity index (χ4v) is 2.70. The molecule has 1 aromatic carbocycles. The predicted octanol–water partition coefficient (Wildman–Crippen LogP) is 3.32. The lowest BCUT2D eigenvalue weighted by Gasteiger charge is -1.86. The Balaban J connectivity index is 2.13. The zero-order valence-corrected chi connectivity index (χ0v) is 10.3. The minimum absolute atomic E-state index is 0.531. The Bertz CT molecular complexity index is 636. The van der Waals surface area contributed by atoms with Crippen molar-refractivity contribution in [1.82, 2.24) is 4.98 Å². The third kappa shape index (κ3) is 1.75. The molecular formula is C13H12N2OS. The monoisotopic (exact) mass is 244 g/mol. The molecule has 3 nitrogen and oxygen atoms in total. The zero-order chi connectivity index (χ0) is 11.8. The van der Waals surface area contributed by atoms with E-state index in [1.807, 2.05) is 37.3 Å². The molecule has 0 aliphatic heterocycles. The molecule has 0 aliphatic rings. The zero-order valence-electron chi connectivity index (χ0n) is 9.43. The van der Waals surface area contributed by atoms with E-state index in [4.69, 9.17) is 10.2 Å². The maximum atomic E-state index is 5.77. The third-order valence-corrected chi connectivity index (χ3v) is 3.91. The van der Waals surface area contributed by atoms with Gasteiger partial charge >= 0.3 is 0 Å². The summed E-state index contributed by atoms with van der Waals surface area (Å²) in [7, 11) is 0. The minimum Gasteiger partial charge on any atom is -0.454 e. The molecule has 0 unspecified atom stereocenters. The number of para-hydroxylation sites is 1. The van der Waals surface area contributed by atoms with Crippen molar-refractivity contribution >= 4 is 22.3 Å². The third-order valence-electron chi connectivity index (χ3n) is 2.71. The van der Waals surface area contributed by atoms with Crippen molar-refractivity contribution in [3.8, 4) is 10.8 Å². The van der Waals surface area contributed by atoms with E-state index in [0.717, 1.165) is 32.3 Å². The van der Waals surface area contributed by atoms with Crippen LogP contribution < -0.4 is 5.73 Å². The summed E-state index contributed by atoms with van der Waals surface area (Å²) >= 11 is 1.60. The molecule has 0 fully saturated rings. The molecule has 2 aromatic heterocycles. The number of thiazole rings is 1. The van der Waals surface area contributed by atoms with Crippen molar-refractivity contribution in [2.75, 3.05) is 0 Å². The van der Waals surface area contributed by atoms with Crippen LogP contribution in [0.2, 0.25) is 0 Å². The summed E-state index contributed by atoms with van der Waals surface area (Å²) < 4.78 is 5.77. The topological polar surface area (TPSA) is 52.0 Å². The van der Waals surface area contributed by atoms with Crippen LogP contribution in [0.1, 0.15) is 10.6 Å². The first kappa shape index (κ1) is 10.5. The van der Waals surface area contributed by atoms with Gasteiger partial charge in [0, 0.05) is 16.8 Å². The van der Waals surface area contributed by atoms with Crippen LogP contribution in [0.15, 0.2) is 34.7 Å². The standard InChI is InChI=1S/C13H12N2OS/c1-8-12(7-14)17-13(15-8)11-6-9-4-2-3-5-10(9)16-11/h2-6H,7,14H2,1H3. The van der Waals surface area contributed by atoms with E-state index in [2.05, 4.69) is 4.98 Å². The molecule has 0 spiro atoms. The Hall–Kier alpha value is -1.65. The number of benzene rings is 1. The largest absolute Gasteiger partial charge is 0.454 e. The van der Waals surface area contributed by atoms with Crippen LogP contribution in [0, 0.1) is 6.92 Å². The maximum absolute atomic E-state index is 5.77. The number of hydrogen-bond donors (Lipinski definition) is 1. The number of aryl methyl sites for hydroxylation is 1. The fraction of sp³-hybridized carbons (Fsp3) is 0.154. The Morgan fingerprint density at radius 2 is 2.18 bits per heavy atom. The highest BCUT2D eigenvalue weighted by Crippen LogP contribution is 2.31. The molecule has 0 saturated heterocycles. The Labute approximate surface area is 103 Å². The first-order valence-electron chi connectivity index (χ1n) is 5.43. The quantitative estimate of drug-likeness (QED) is 0.752. The SMILES string of the molecule is Cc1nc(-c2cc3ccccc3o2)sc1CN. The van der Waals surface area contributed by atoms with Crippen molar-refractivity contribution in [2.24, 2.45) is 5.73 Å². The second-order valence-electron chi connectivity index (χ2n) is 3.88. The van der Waals surface area contributed by atoms with E-state index >= 15 is 0 Å². The molecule has 0 bridgehead atoms. The second kappa shape index (κ2) is 3.98. The lowest BCUT2D eigenvalue weighted by Crippen LogP contribution is -1.94. The van der Waals surface area contributed by atoms with Gasteiger partial charge in [0.2, 0.25) is 0 Å². The predicted molar refractivity (Wildman–Crippen MR) is 70.0 cm³/mol. The smallest absolute Gasteiger partial charge is 0.164 e. The Morgan fingerprint density at radius 1 is 1.35 bits per heavy atom. The number of nitrogens with zero attached hydrogens (tertiary/aromatic N) is 1. The van der Waals surface area contributed by atoms with E-state index in [9.17, 15) is 0 Å². The van der Waals surface area contributed by atoms with Crippen molar-refractivity contribution in [3.63, 3.8) is 0 Å². The average molecular weight is 244 g/mol. The number of furan rings is 1. The number of rotatable bonds is 2. The first-order chi connectivity index (χ1) is 8.28. The van der Waals surface area contributed by atoms with Gasteiger partial charge in [-0.3, -0.25) is 0 Å². The molecule has 0 amide bonds. The van der Waals surface area contributed by atoms with Gasteiger partial charge in [-0.2, -0.15) is 0 Å². The summed E-state index contributed by atoms with van der Waals surface area (Å²) in [6.45, 7) is 2.51. The number of aromatic nitrogens is 1. The van der Waals surface area contributed by atoms with Gasteiger partial charge in [0.1, 0.15) is 5.58 Å². The highest BCUT2D eigenvalue weighted by Gasteiger charge is 2.12. The first-order valence-corrected chi connectivity index (χ1v) is 6.25. The van der Waals surface area contributed by atoms with Crippen molar-refractivity contribution in [2.45, 2.75) is 13.5 Å². The summed E-state index contributed by atoms with van der Waals surface area (Å²) in [6.07, 6.45) is 0. The van der Waals surface area contributed by atoms with Crippen molar-refractivity contribution in [3.05, 3.63) is 40.9 Å². The summed E-state index contributed by atoms with van der Waals surface area (Å²) in [6, 6.07) is 9.98. The van der Waals surface area contributed by atoms with Crippen LogP contribution in [0.5, 0.6) is 0 Å². The fourth-order valence-electron chi connectivity index (χ4n) is 1.81. The number of hydrogen-bond acceptors (Lipinski definition) is 4. The van der Waals surface area contributed by atoms with Gasteiger partial charge in [0.05, 0.1) is 5.69 Å². The molecule has 3 aromatic rings. The number of fused-ring (bicyclic) bond motifs is 1. The lowest BCUT2D eigenvalue weighted by atomic mass is 10.2. The van der Waals surface area contributed by atoms with E-state index in [1.165, 1.54) is 0 Å². The molecule has 4 heteroatoms. The summed E-state index contributed by atoms with van der Waals surface area (Å²) in [5, 5.41) is 2.00. The summed E-state index contributed by atoms with van der Waals surface area (Å²) in [5.41, 5.74) is 7.54. The van der Waals surface area contributed by atoms with Crippen molar-refractivity contribution < 1.29 is 4.42 Å². The molecule has 0 saturated carbocycles. The second-order valence-corrected chi connectivity index (χ2v) is 4.96. The molecule has 0 atom stereocenters. The van der Waals surface area contributed by atoms with Crippen LogP contribution in [0.3, 0.4) is 0 Å². The molecule has 2 N–H and O–H groups in total. The van der Waals surface area contributed by atoms with Crippen molar-refractivity contribution in [1.29, 1.82) is 0 Å². The average Bonchev–Trinajstić information content (AvgIpc) is 2.91. The summed E-state index contributed by atoms with van der Waals surface area (Å²) in [5.74, 6) is 0.819. The molecular weight excluding hydrogens is 232 g/mol. The van der Waals surface area contributed by atoms with Gasteiger partial charge in [0.15, 0.2) is 10.8 Å². The van der Waals surface area contributed by atoms with E-state index in [1.54, 1.807) is 11.3 Å². The molecule has 0 aliphatic carbocycles. The normalized spacial score (nSPS) is 11.2. The maximum Gasteiger partial charge on any atom is 0.164 e. The lowest BCUT2D eigenvalue weighted by molar-refractivity contribution is 0.630. The summed E-state index contributed by atoms with van der Waals surface area (Å²) in [4.78, 5) is 5.60. The van der Waals surface area contributed by atoms with Gasteiger partial charge in [-0.1, -0.05) is 18.2 Å². The van der Waals surface area contributed by atoms with Gasteiger partial charge < -0.3 is 10.2 Å². The molecule has 3 rings (SSSR count). The highest BCUT2D eigenvalue weighted by molar-refractivity contribution is 7.15. The van der Waals surface area contributed by atoms with Crippen LogP contribution in [0.25, 0.3) is 21.7 Å². The minimum atomic E-state index is 0.531. The molecule has 86 valence electrons. The Kier molecular flexibility index (Phi) is 2.46. The molecule has 0 radical (unpaired) electrons. The molecule has 2 heterocycles. The Morgan fingerprint density at radius 3 is 2.88 bits per heavy atom. The van der Waals surface area contributed by atoms with Gasteiger partial charge in [-0.05, 0) is 19.1 Å². The van der Waals surface area contributed by atoms with Crippen LogP contribution in [0.4, 0.5) is 0 Å². The highest BCUT2D eigenvalue weighted by atomic mass is 32.1. The van der Waals surface area contributed by atoms with Gasteiger partial charge in [-0.15, -0.1) is 11.3 Å². The van der Waals surface area contributed by atoms with E-state index in [0.29, 0.717) is 6.54 Å². The van der Waals surface area contributed by atoms with Crippen LogP contribution in [-0.2, 0) is 6.54 Å².